The fraction of sp³-hybridized carbons (Fsp3) is 0. The predicted octanol–water partition coefficient (Wildman–Crippen LogP) is -3.00. The minimum absolute atomic E-state index is 0. The summed E-state index contributed by atoms with van der Waals surface area (Å²) in [6, 6.07) is 4.92. The maximum atomic E-state index is 10.6. The second-order valence-corrected chi connectivity index (χ2v) is 3.81. The van der Waals surface area contributed by atoms with Crippen LogP contribution in [0.3, 0.4) is 0 Å². The Labute approximate surface area is 132 Å². The van der Waals surface area contributed by atoms with Gasteiger partial charge in [-0.25, -0.2) is 4.79 Å². The maximum Gasteiger partial charge on any atom is 1.00 e. The van der Waals surface area contributed by atoms with Gasteiger partial charge in [0.1, 0.15) is 5.56 Å². The average molecular weight is 411 g/mol. The van der Waals surface area contributed by atoms with Crippen LogP contribution in [0.15, 0.2) is 18.2 Å². The van der Waals surface area contributed by atoms with Crippen molar-refractivity contribution in [2.45, 2.75) is 0 Å². The minimum Gasteiger partial charge on any atom is -0.832 e. The number of halogens is 2. The third kappa shape index (κ3) is 8.04. The number of hydrogen-bond acceptors (Lipinski definition) is 5. The van der Waals surface area contributed by atoms with Gasteiger partial charge in [-0.1, -0.05) is 6.07 Å². The van der Waals surface area contributed by atoms with Gasteiger partial charge in [0.15, 0.2) is 22.0 Å². The van der Waals surface area contributed by atoms with Gasteiger partial charge in [0.05, 0.1) is 3.57 Å². The van der Waals surface area contributed by atoms with Crippen LogP contribution in [0.2, 0.25) is 0 Å². The number of benzene rings is 1. The molecule has 17 heavy (non-hydrogen) atoms. The Kier molecular flexibility index (Phi) is 11.7. The molecule has 0 saturated heterocycles. The molecule has 88 valence electrons. The summed E-state index contributed by atoms with van der Waals surface area (Å²) in [6.45, 7) is 0. The molecule has 0 saturated carbocycles. The van der Waals surface area contributed by atoms with Gasteiger partial charge in [0.2, 0.25) is 0 Å². The number of para-hydroxylation sites is 1. The topological polar surface area (TPSA) is 110 Å². The van der Waals surface area contributed by atoms with E-state index in [1.165, 1.54) is 6.07 Å². The molecule has 0 unspecified atom stereocenters. The van der Waals surface area contributed by atoms with E-state index >= 15 is 0 Å². The van der Waals surface area contributed by atoms with Crippen LogP contribution in [0.4, 0.5) is 0 Å². The molecule has 0 amide bonds. The molecular weight excluding hydrogens is 405 g/mol. The van der Waals surface area contributed by atoms with Crippen molar-refractivity contribution in [1.82, 2.24) is 0 Å². The van der Waals surface area contributed by atoms with Crippen LogP contribution < -0.4 is 27.7 Å². The Morgan fingerprint density at radius 1 is 1.47 bits per heavy atom. The minimum atomic E-state index is -2.42. The number of carbonyl (C=O) groups is 1. The summed E-state index contributed by atoms with van der Waals surface area (Å²) < 4.78 is 5.52. The van der Waals surface area contributed by atoms with Crippen molar-refractivity contribution in [3.8, 4) is 5.75 Å². The number of carboxylic acids is 1. The molecule has 1 aromatic rings. The molecule has 3 N–H and O–H groups in total. The van der Waals surface area contributed by atoms with E-state index in [1.807, 2.05) is 22.6 Å². The SMILES string of the molecule is O=C(O)c1cccc(I)c1OBr.[Li+].[O-]B(O)O. The summed E-state index contributed by atoms with van der Waals surface area (Å²) in [5.74, 6) is -0.659. The van der Waals surface area contributed by atoms with Crippen molar-refractivity contribution in [3.05, 3.63) is 27.3 Å². The summed E-state index contributed by atoms with van der Waals surface area (Å²) >= 11 is 4.76. The monoisotopic (exact) mass is 410 g/mol. The van der Waals surface area contributed by atoms with Crippen molar-refractivity contribution in [3.63, 3.8) is 0 Å². The molecule has 6 nitrogen and oxygen atoms in total. The number of hydrogen-bond donors (Lipinski definition) is 3. The molecule has 1 aromatic carbocycles. The first kappa shape index (κ1) is 19.6. The van der Waals surface area contributed by atoms with Crippen LogP contribution in [0.5, 0.6) is 5.75 Å². The van der Waals surface area contributed by atoms with Crippen molar-refractivity contribution in [2.24, 2.45) is 0 Å². The predicted molar refractivity (Wildman–Crippen MR) is 65.9 cm³/mol. The summed E-state index contributed by atoms with van der Waals surface area (Å²) in [7, 11) is -2.42. The van der Waals surface area contributed by atoms with E-state index < -0.39 is 13.3 Å². The normalized spacial score (nSPS) is 8.29. The molecule has 1 rings (SSSR count). The van der Waals surface area contributed by atoms with Gasteiger partial charge < -0.3 is 24.0 Å². The van der Waals surface area contributed by atoms with E-state index in [2.05, 4.69) is 16.3 Å². The standard InChI is InChI=1S/C7H4BrIO3.BH2O3.Li/c8-12-6-4(7(10)11)2-1-3-5(6)9;2-1(3)4;/h1-3H,(H,10,11);2-3H;/q;-1;+1. The zero-order chi connectivity index (χ0) is 12.7. The number of aromatic carboxylic acids is 1. The summed E-state index contributed by atoms with van der Waals surface area (Å²) in [4.78, 5) is 10.6. The van der Waals surface area contributed by atoms with E-state index in [0.29, 0.717) is 5.75 Å². The second-order valence-electron chi connectivity index (χ2n) is 2.33. The molecule has 0 aromatic heterocycles. The second kappa shape index (κ2) is 10.2. The molecule has 0 aliphatic carbocycles. The smallest absolute Gasteiger partial charge is 0.832 e. The Morgan fingerprint density at radius 2 is 1.94 bits per heavy atom. The molecule has 0 radical (unpaired) electrons. The van der Waals surface area contributed by atoms with Gasteiger partial charge in [-0.05, 0) is 34.7 Å². The van der Waals surface area contributed by atoms with Gasteiger partial charge in [-0.3, -0.25) is 0 Å². The Hall–Kier alpha value is 0.242. The van der Waals surface area contributed by atoms with Crippen LogP contribution in [0.25, 0.3) is 0 Å². The maximum absolute atomic E-state index is 10.6. The fourth-order valence-electron chi connectivity index (χ4n) is 0.756. The van der Waals surface area contributed by atoms with Crippen LogP contribution in [-0.4, -0.2) is 28.4 Å². The zero-order valence-corrected chi connectivity index (χ0v) is 12.4. The average Bonchev–Trinajstić information content (AvgIpc) is 2.16. The molecule has 0 bridgehead atoms. The summed E-state index contributed by atoms with van der Waals surface area (Å²) in [6.07, 6.45) is 0. The molecule has 10 heteroatoms. The van der Waals surface area contributed by atoms with Gasteiger partial charge in [0.25, 0.3) is 0 Å². The van der Waals surface area contributed by atoms with Gasteiger partial charge in [-0.2, -0.15) is 0 Å². The first-order valence-corrected chi connectivity index (χ1v) is 5.45. The molecule has 0 spiro atoms. The van der Waals surface area contributed by atoms with Crippen LogP contribution in [-0.2, 0) is 0 Å². The van der Waals surface area contributed by atoms with Crippen molar-refractivity contribution < 1.29 is 47.7 Å². The van der Waals surface area contributed by atoms with Crippen LogP contribution in [0.1, 0.15) is 10.4 Å². The molecule has 0 fully saturated rings. The summed E-state index contributed by atoms with van der Waals surface area (Å²) in [5.41, 5.74) is 0.152. The quantitative estimate of drug-likeness (QED) is 0.354. The largest absolute Gasteiger partial charge is 1.00 e. The molecule has 0 heterocycles. The van der Waals surface area contributed by atoms with E-state index in [-0.39, 0.29) is 24.4 Å². The van der Waals surface area contributed by atoms with Crippen LogP contribution in [0, 0.1) is 3.57 Å². The Morgan fingerprint density at radius 3 is 2.24 bits per heavy atom. The Bertz CT molecular complexity index is 363. The molecule has 0 aliphatic heterocycles. The van der Waals surface area contributed by atoms with E-state index in [1.54, 1.807) is 12.1 Å². The third-order valence-electron chi connectivity index (χ3n) is 1.27. The first-order valence-electron chi connectivity index (χ1n) is 3.72. The molecule has 0 atom stereocenters. The Balaban J connectivity index is 0. The van der Waals surface area contributed by atoms with E-state index in [4.69, 9.17) is 24.0 Å². The van der Waals surface area contributed by atoms with Crippen LogP contribution >= 0.6 is 38.8 Å². The first-order chi connectivity index (χ1) is 7.40. The van der Waals surface area contributed by atoms with Crippen molar-refractivity contribution in [1.29, 1.82) is 0 Å². The zero-order valence-electron chi connectivity index (χ0n) is 8.63. The molecular formula is C7H6BBrILiO6. The van der Waals surface area contributed by atoms with E-state index in [9.17, 15) is 4.79 Å². The number of carboxylic acid groups (broad SMARTS) is 1. The van der Waals surface area contributed by atoms with Crippen molar-refractivity contribution in [2.75, 3.05) is 0 Å². The fourth-order valence-corrected chi connectivity index (χ4v) is 2.02. The van der Waals surface area contributed by atoms with Gasteiger partial charge in [0, 0.05) is 0 Å². The molecule has 0 aliphatic rings. The third-order valence-corrected chi connectivity index (χ3v) is 2.45. The van der Waals surface area contributed by atoms with Crippen molar-refractivity contribution >= 4 is 52.1 Å². The van der Waals surface area contributed by atoms with Gasteiger partial charge in [-0.15, -0.1) is 0 Å². The van der Waals surface area contributed by atoms with E-state index in [0.717, 1.165) is 3.57 Å². The van der Waals surface area contributed by atoms with Gasteiger partial charge >= 0.3 is 32.2 Å². The number of rotatable bonds is 2. The summed E-state index contributed by atoms with van der Waals surface area (Å²) in [5, 5.41) is 31.5.